The number of fused-ring (bicyclic) bond motifs is 1. The average Bonchev–Trinajstić information content (AvgIpc) is 2.32. The van der Waals surface area contributed by atoms with Crippen molar-refractivity contribution in [1.29, 1.82) is 0 Å². The smallest absolute Gasteiger partial charge is 0.340 e. The molecule has 0 spiro atoms. The monoisotopic (exact) mass is 313 g/mol. The zero-order chi connectivity index (χ0) is 15.9. The van der Waals surface area contributed by atoms with Gasteiger partial charge in [-0.2, -0.15) is 8.42 Å². The summed E-state index contributed by atoms with van der Waals surface area (Å²) in [5, 5.41) is 8.97. The molecular weight excluding hydrogens is 302 g/mol. The second kappa shape index (κ2) is 4.86. The molecule has 2 aromatic rings. The van der Waals surface area contributed by atoms with Gasteiger partial charge in [-0.15, -0.1) is 0 Å². The van der Waals surface area contributed by atoms with E-state index in [1.54, 1.807) is 0 Å². The fraction of sp³-hybridized carbons (Fsp3) is 0.167. The molecule has 4 N–H and O–H groups in total. The second-order valence-electron chi connectivity index (χ2n) is 4.42. The normalized spacial score (nSPS) is 11.7. The van der Waals surface area contributed by atoms with E-state index in [0.29, 0.717) is 0 Å². The van der Waals surface area contributed by atoms with Crippen molar-refractivity contribution in [2.75, 3.05) is 5.73 Å². The molecule has 1 heterocycles. The molecule has 0 bridgehead atoms. The number of nitrogen functional groups attached to an aromatic ring is 1. The Hall–Kier alpha value is -2.39. The Labute approximate surface area is 118 Å². The molecule has 1 aromatic heterocycles. The summed E-state index contributed by atoms with van der Waals surface area (Å²) in [6, 6.07) is 2.14. The molecule has 112 valence electrons. The van der Waals surface area contributed by atoms with Crippen molar-refractivity contribution in [1.82, 2.24) is 0 Å². The summed E-state index contributed by atoms with van der Waals surface area (Å²) in [6.45, 7) is 1.46. The van der Waals surface area contributed by atoms with Gasteiger partial charge in [0.1, 0.15) is 10.5 Å². The Kier molecular flexibility index (Phi) is 3.47. The highest BCUT2D eigenvalue weighted by Crippen LogP contribution is 2.28. The lowest BCUT2D eigenvalue weighted by molar-refractivity contribution is -0.136. The summed E-state index contributed by atoms with van der Waals surface area (Å²) in [6.07, 6.45) is -0.560. The van der Waals surface area contributed by atoms with E-state index in [0.717, 1.165) is 12.1 Å². The van der Waals surface area contributed by atoms with Crippen LogP contribution in [0.2, 0.25) is 0 Å². The maximum absolute atomic E-state index is 11.7. The first-order chi connectivity index (χ1) is 9.61. The fourth-order valence-corrected chi connectivity index (χ4v) is 2.63. The Morgan fingerprint density at radius 2 is 2.00 bits per heavy atom. The van der Waals surface area contributed by atoms with E-state index in [4.69, 9.17) is 19.8 Å². The van der Waals surface area contributed by atoms with Gasteiger partial charge in [-0.05, 0) is 18.6 Å². The minimum atomic E-state index is -4.55. The number of rotatable bonds is 3. The van der Waals surface area contributed by atoms with E-state index in [-0.39, 0.29) is 27.8 Å². The lowest BCUT2D eigenvalue weighted by Crippen LogP contribution is -2.15. The molecule has 2 rings (SSSR count). The van der Waals surface area contributed by atoms with Crippen LogP contribution in [0.4, 0.5) is 5.69 Å². The van der Waals surface area contributed by atoms with Gasteiger partial charge >= 0.3 is 11.6 Å². The first-order valence-electron chi connectivity index (χ1n) is 5.66. The van der Waals surface area contributed by atoms with Gasteiger partial charge in [0, 0.05) is 11.5 Å². The Balaban J connectivity index is 2.88. The number of hydrogen-bond acceptors (Lipinski definition) is 6. The quantitative estimate of drug-likeness (QED) is 0.423. The van der Waals surface area contributed by atoms with Crippen molar-refractivity contribution in [2.45, 2.75) is 18.2 Å². The van der Waals surface area contributed by atoms with Gasteiger partial charge in [-0.3, -0.25) is 9.35 Å². The first-order valence-corrected chi connectivity index (χ1v) is 7.10. The Morgan fingerprint density at radius 1 is 1.38 bits per heavy atom. The molecule has 0 aliphatic heterocycles. The maximum atomic E-state index is 11.7. The minimum Gasteiger partial charge on any atom is -0.481 e. The molecule has 9 heteroatoms. The molecule has 0 radical (unpaired) electrons. The lowest BCUT2D eigenvalue weighted by atomic mass is 10.0. The Bertz CT molecular complexity index is 911. The van der Waals surface area contributed by atoms with Gasteiger partial charge < -0.3 is 15.3 Å². The number of hydrogen-bond donors (Lipinski definition) is 3. The highest BCUT2D eigenvalue weighted by Gasteiger charge is 2.20. The van der Waals surface area contributed by atoms with Crippen LogP contribution in [-0.4, -0.2) is 24.0 Å². The van der Waals surface area contributed by atoms with Crippen molar-refractivity contribution in [3.8, 4) is 0 Å². The molecule has 0 saturated carbocycles. The highest BCUT2D eigenvalue weighted by molar-refractivity contribution is 7.86. The predicted octanol–water partition coefficient (Wildman–Crippen LogP) is 0.557. The van der Waals surface area contributed by atoms with Crippen molar-refractivity contribution < 1.29 is 27.3 Å². The number of aliphatic carboxylic acids is 1. The molecule has 0 fully saturated rings. The predicted molar refractivity (Wildman–Crippen MR) is 72.8 cm³/mol. The molecule has 0 aliphatic carbocycles. The third kappa shape index (κ3) is 2.73. The van der Waals surface area contributed by atoms with E-state index in [1.807, 2.05) is 0 Å². The maximum Gasteiger partial charge on any atom is 0.340 e. The second-order valence-corrected chi connectivity index (χ2v) is 5.81. The minimum absolute atomic E-state index is 0.0107. The van der Waals surface area contributed by atoms with Crippen LogP contribution in [0.25, 0.3) is 11.0 Å². The first kappa shape index (κ1) is 15.0. The van der Waals surface area contributed by atoms with Gasteiger partial charge in [0.15, 0.2) is 0 Å². The number of carboxylic acids is 1. The molecule has 0 unspecified atom stereocenters. The van der Waals surface area contributed by atoms with Crippen LogP contribution < -0.4 is 11.4 Å². The summed E-state index contributed by atoms with van der Waals surface area (Å²) in [5.41, 5.74) is 4.56. The van der Waals surface area contributed by atoms with Crippen molar-refractivity contribution in [3.05, 3.63) is 33.7 Å². The molecule has 0 aliphatic rings. The molecule has 8 nitrogen and oxygen atoms in total. The third-order valence-electron chi connectivity index (χ3n) is 3.02. The van der Waals surface area contributed by atoms with Crippen LogP contribution >= 0.6 is 0 Å². The summed E-state index contributed by atoms with van der Waals surface area (Å²) in [7, 11) is -4.55. The highest BCUT2D eigenvalue weighted by atomic mass is 32.2. The van der Waals surface area contributed by atoms with Gasteiger partial charge in [0.25, 0.3) is 10.1 Å². The number of carbonyl (C=O) groups is 1. The zero-order valence-corrected chi connectivity index (χ0v) is 11.6. The van der Waals surface area contributed by atoms with E-state index < -0.39 is 33.0 Å². The van der Waals surface area contributed by atoms with Crippen molar-refractivity contribution in [3.63, 3.8) is 0 Å². The van der Waals surface area contributed by atoms with E-state index in [1.165, 1.54) is 6.92 Å². The van der Waals surface area contributed by atoms with Crippen molar-refractivity contribution >= 4 is 32.7 Å². The van der Waals surface area contributed by atoms with Crippen LogP contribution in [0, 0.1) is 6.92 Å². The summed E-state index contributed by atoms with van der Waals surface area (Å²) >= 11 is 0. The van der Waals surface area contributed by atoms with E-state index in [2.05, 4.69) is 0 Å². The van der Waals surface area contributed by atoms with Crippen molar-refractivity contribution in [2.24, 2.45) is 0 Å². The number of anilines is 1. The number of aryl methyl sites for hydroxylation is 1. The van der Waals surface area contributed by atoms with Gasteiger partial charge in [-0.1, -0.05) is 0 Å². The number of carboxylic acid groups (broad SMARTS) is 1. The topological polar surface area (TPSA) is 148 Å². The summed E-state index contributed by atoms with van der Waals surface area (Å²) < 4.78 is 36.5. The standard InChI is InChI=1S/C12H11NO7S/c1-5-6-2-10(21(17,18)19)8(13)4-9(6)20-12(16)7(5)3-11(14)15/h2,4H,3,13H2,1H3,(H,14,15)(H,17,18,19). The van der Waals surface area contributed by atoms with E-state index in [9.17, 15) is 18.0 Å². The van der Waals surface area contributed by atoms with Crippen LogP contribution in [0.5, 0.6) is 0 Å². The summed E-state index contributed by atoms with van der Waals surface area (Å²) in [4.78, 5) is 22.0. The largest absolute Gasteiger partial charge is 0.481 e. The molecule has 21 heavy (non-hydrogen) atoms. The zero-order valence-electron chi connectivity index (χ0n) is 10.8. The van der Waals surface area contributed by atoms with Crippen LogP contribution in [0.15, 0.2) is 26.2 Å². The number of nitrogens with two attached hydrogens (primary N) is 1. The third-order valence-corrected chi connectivity index (χ3v) is 3.93. The molecule has 0 amide bonds. The Morgan fingerprint density at radius 3 is 2.52 bits per heavy atom. The number of benzene rings is 1. The molecule has 0 saturated heterocycles. The fourth-order valence-electron chi connectivity index (χ4n) is 2.01. The van der Waals surface area contributed by atoms with Gasteiger partial charge in [-0.25, -0.2) is 4.79 Å². The molecular formula is C12H11NO7S. The van der Waals surface area contributed by atoms with Crippen LogP contribution in [0.3, 0.4) is 0 Å². The molecule has 1 aromatic carbocycles. The summed E-state index contributed by atoms with van der Waals surface area (Å²) in [5.74, 6) is -1.23. The molecule has 0 atom stereocenters. The van der Waals surface area contributed by atoms with Gasteiger partial charge in [0.05, 0.1) is 17.7 Å². The average molecular weight is 313 g/mol. The van der Waals surface area contributed by atoms with Crippen LogP contribution in [-0.2, 0) is 21.3 Å². The van der Waals surface area contributed by atoms with E-state index >= 15 is 0 Å². The SMILES string of the molecule is Cc1c(CC(=O)O)c(=O)oc2cc(N)c(S(=O)(=O)O)cc12. The van der Waals surface area contributed by atoms with Gasteiger partial charge in [0.2, 0.25) is 0 Å². The van der Waals surface area contributed by atoms with Crippen LogP contribution in [0.1, 0.15) is 11.1 Å². The lowest BCUT2D eigenvalue weighted by Gasteiger charge is -2.09.